The smallest absolute Gasteiger partial charge is 0.264 e. The Hall–Kier alpha value is -4.55. The molecule has 0 saturated heterocycles. The Labute approximate surface area is 252 Å². The number of amides is 1. The fourth-order valence-corrected chi connectivity index (χ4v) is 6.67. The molecule has 12 heteroatoms. The Morgan fingerprint density at radius 2 is 1.35 bits per heavy atom. The maximum atomic E-state index is 13.8. The lowest BCUT2D eigenvalue weighted by Crippen LogP contribution is -2.38. The predicted octanol–water partition coefficient (Wildman–Crippen LogP) is 5.26. The standard InChI is InChI=1S/C31H33N3O7S2/c1-21-6-13-28(14-7-21)43(38,39)34(29-19-26(40-4)12-17-30(29)41-5)20-31(35)32-24-10-15-27(16-11-24)42(36,37)33-25-9-8-22(2)23(3)18-25/h6-19,33H,20H2,1-5H3,(H,32,35). The van der Waals surface area contributed by atoms with Crippen LogP contribution in [0.25, 0.3) is 0 Å². The van der Waals surface area contributed by atoms with Crippen molar-refractivity contribution in [2.45, 2.75) is 30.6 Å². The average molecular weight is 624 g/mol. The summed E-state index contributed by atoms with van der Waals surface area (Å²) in [5, 5.41) is 2.65. The van der Waals surface area contributed by atoms with Crippen molar-refractivity contribution in [1.29, 1.82) is 0 Å². The Morgan fingerprint density at radius 1 is 0.721 bits per heavy atom. The molecule has 1 amide bonds. The maximum Gasteiger partial charge on any atom is 0.264 e. The van der Waals surface area contributed by atoms with E-state index in [0.717, 1.165) is 21.0 Å². The molecule has 2 N–H and O–H groups in total. The van der Waals surface area contributed by atoms with Gasteiger partial charge in [-0.05, 0) is 92.6 Å². The molecule has 0 radical (unpaired) electrons. The van der Waals surface area contributed by atoms with E-state index in [1.807, 2.05) is 26.8 Å². The zero-order valence-electron chi connectivity index (χ0n) is 24.4. The van der Waals surface area contributed by atoms with Gasteiger partial charge in [0.05, 0.1) is 29.7 Å². The van der Waals surface area contributed by atoms with Crippen LogP contribution >= 0.6 is 0 Å². The molecule has 0 saturated carbocycles. The van der Waals surface area contributed by atoms with Gasteiger partial charge in [0, 0.05) is 17.4 Å². The molecule has 10 nitrogen and oxygen atoms in total. The topological polar surface area (TPSA) is 131 Å². The normalized spacial score (nSPS) is 11.5. The van der Waals surface area contributed by atoms with Gasteiger partial charge in [0.15, 0.2) is 0 Å². The number of aryl methyl sites for hydroxylation is 3. The monoisotopic (exact) mass is 623 g/mol. The Kier molecular flexibility index (Phi) is 9.31. The van der Waals surface area contributed by atoms with Crippen LogP contribution in [-0.4, -0.2) is 43.5 Å². The molecule has 43 heavy (non-hydrogen) atoms. The quantitative estimate of drug-likeness (QED) is 0.233. The first-order valence-electron chi connectivity index (χ1n) is 13.2. The summed E-state index contributed by atoms with van der Waals surface area (Å²) < 4.78 is 67.7. The van der Waals surface area contributed by atoms with Crippen LogP contribution < -0.4 is 23.8 Å². The highest BCUT2D eigenvalue weighted by Gasteiger charge is 2.30. The number of carbonyl (C=O) groups excluding carboxylic acids is 1. The summed E-state index contributed by atoms with van der Waals surface area (Å²) in [5.41, 5.74) is 3.68. The number of anilines is 3. The minimum Gasteiger partial charge on any atom is -0.497 e. The fourth-order valence-electron chi connectivity index (χ4n) is 4.20. The first-order chi connectivity index (χ1) is 20.3. The van der Waals surface area contributed by atoms with Crippen molar-refractivity contribution in [1.82, 2.24) is 0 Å². The number of methoxy groups -OCH3 is 2. The summed E-state index contributed by atoms with van der Waals surface area (Å²) in [6, 6.07) is 21.7. The van der Waals surface area contributed by atoms with Gasteiger partial charge < -0.3 is 14.8 Å². The van der Waals surface area contributed by atoms with Gasteiger partial charge in [-0.1, -0.05) is 23.8 Å². The van der Waals surface area contributed by atoms with Crippen molar-refractivity contribution < 1.29 is 31.1 Å². The van der Waals surface area contributed by atoms with Gasteiger partial charge in [0.2, 0.25) is 5.91 Å². The highest BCUT2D eigenvalue weighted by Crippen LogP contribution is 2.36. The van der Waals surface area contributed by atoms with Crippen LogP contribution in [0.2, 0.25) is 0 Å². The van der Waals surface area contributed by atoms with E-state index in [2.05, 4.69) is 10.0 Å². The zero-order valence-corrected chi connectivity index (χ0v) is 26.0. The van der Waals surface area contributed by atoms with E-state index < -0.39 is 32.5 Å². The van der Waals surface area contributed by atoms with Crippen molar-refractivity contribution in [3.05, 3.63) is 102 Å². The highest BCUT2D eigenvalue weighted by atomic mass is 32.2. The minimum absolute atomic E-state index is 0.00609. The molecule has 0 aliphatic heterocycles. The molecule has 0 atom stereocenters. The van der Waals surface area contributed by atoms with E-state index in [4.69, 9.17) is 9.47 Å². The molecular formula is C31H33N3O7S2. The predicted molar refractivity (Wildman–Crippen MR) is 167 cm³/mol. The molecule has 226 valence electrons. The SMILES string of the molecule is COc1ccc(OC)c(N(CC(=O)Nc2ccc(S(=O)(=O)Nc3ccc(C)c(C)c3)cc2)S(=O)(=O)c2ccc(C)cc2)c1. The van der Waals surface area contributed by atoms with Crippen LogP contribution in [-0.2, 0) is 24.8 Å². The summed E-state index contributed by atoms with van der Waals surface area (Å²) in [5.74, 6) is -0.0777. The Bertz CT molecular complexity index is 1840. The highest BCUT2D eigenvalue weighted by molar-refractivity contribution is 7.93. The lowest BCUT2D eigenvalue weighted by Gasteiger charge is -2.26. The van der Waals surface area contributed by atoms with E-state index in [1.165, 1.54) is 56.7 Å². The Balaban J connectivity index is 1.59. The number of nitrogens with one attached hydrogen (secondary N) is 2. The number of nitrogens with zero attached hydrogens (tertiary/aromatic N) is 1. The van der Waals surface area contributed by atoms with E-state index in [0.29, 0.717) is 11.4 Å². The molecule has 0 unspecified atom stereocenters. The minimum atomic E-state index is -4.23. The second kappa shape index (κ2) is 12.8. The number of sulfonamides is 2. The van der Waals surface area contributed by atoms with Gasteiger partial charge in [-0.2, -0.15) is 0 Å². The molecule has 0 spiro atoms. The lowest BCUT2D eigenvalue weighted by atomic mass is 10.1. The molecule has 4 rings (SSSR count). The van der Waals surface area contributed by atoms with Crippen LogP contribution in [0.4, 0.5) is 17.1 Å². The van der Waals surface area contributed by atoms with Gasteiger partial charge >= 0.3 is 0 Å². The molecule has 4 aromatic carbocycles. The maximum absolute atomic E-state index is 13.8. The van der Waals surface area contributed by atoms with E-state index in [9.17, 15) is 21.6 Å². The molecule has 0 fully saturated rings. The van der Waals surface area contributed by atoms with Crippen molar-refractivity contribution in [3.63, 3.8) is 0 Å². The third kappa shape index (κ3) is 7.27. The van der Waals surface area contributed by atoms with Crippen LogP contribution in [0.1, 0.15) is 16.7 Å². The molecular weight excluding hydrogens is 590 g/mol. The van der Waals surface area contributed by atoms with Gasteiger partial charge in [0.25, 0.3) is 20.0 Å². The molecule has 0 bridgehead atoms. The average Bonchev–Trinajstić information content (AvgIpc) is 2.97. The second-order valence-corrected chi connectivity index (χ2v) is 13.4. The summed E-state index contributed by atoms with van der Waals surface area (Å²) in [6.45, 7) is 5.06. The number of carbonyl (C=O) groups is 1. The number of rotatable bonds is 11. The van der Waals surface area contributed by atoms with Crippen LogP contribution in [0.5, 0.6) is 11.5 Å². The third-order valence-electron chi connectivity index (χ3n) is 6.76. The Morgan fingerprint density at radius 3 is 1.95 bits per heavy atom. The van der Waals surface area contributed by atoms with Gasteiger partial charge in [0.1, 0.15) is 18.0 Å². The first kappa shape index (κ1) is 31.4. The largest absolute Gasteiger partial charge is 0.497 e. The van der Waals surface area contributed by atoms with Crippen molar-refractivity contribution in [2.24, 2.45) is 0 Å². The second-order valence-electron chi connectivity index (χ2n) is 9.84. The van der Waals surface area contributed by atoms with Gasteiger partial charge in [-0.3, -0.25) is 13.8 Å². The third-order valence-corrected chi connectivity index (χ3v) is 9.93. The van der Waals surface area contributed by atoms with E-state index >= 15 is 0 Å². The number of benzene rings is 4. The lowest BCUT2D eigenvalue weighted by molar-refractivity contribution is -0.114. The van der Waals surface area contributed by atoms with Crippen LogP contribution in [0, 0.1) is 20.8 Å². The number of hydrogen-bond donors (Lipinski definition) is 2. The van der Waals surface area contributed by atoms with Crippen molar-refractivity contribution in [2.75, 3.05) is 35.1 Å². The van der Waals surface area contributed by atoms with E-state index in [1.54, 1.807) is 36.4 Å². The van der Waals surface area contributed by atoms with E-state index in [-0.39, 0.29) is 26.9 Å². The van der Waals surface area contributed by atoms with Crippen LogP contribution in [0.3, 0.4) is 0 Å². The molecule has 0 aromatic heterocycles. The molecule has 4 aromatic rings. The van der Waals surface area contributed by atoms with Gasteiger partial charge in [-0.25, -0.2) is 16.8 Å². The van der Waals surface area contributed by atoms with Crippen LogP contribution in [0.15, 0.2) is 94.7 Å². The van der Waals surface area contributed by atoms with Crippen molar-refractivity contribution in [3.8, 4) is 11.5 Å². The fraction of sp³-hybridized carbons (Fsp3) is 0.194. The number of ether oxygens (including phenoxy) is 2. The first-order valence-corrected chi connectivity index (χ1v) is 16.1. The summed E-state index contributed by atoms with van der Waals surface area (Å²) >= 11 is 0. The zero-order chi connectivity index (χ0) is 31.4. The molecule has 0 aliphatic rings. The summed E-state index contributed by atoms with van der Waals surface area (Å²) in [7, 11) is -5.28. The summed E-state index contributed by atoms with van der Waals surface area (Å²) in [6.07, 6.45) is 0. The van der Waals surface area contributed by atoms with Gasteiger partial charge in [-0.15, -0.1) is 0 Å². The van der Waals surface area contributed by atoms with Crippen molar-refractivity contribution >= 4 is 43.0 Å². The molecule has 0 heterocycles. The summed E-state index contributed by atoms with van der Waals surface area (Å²) in [4.78, 5) is 13.2. The number of hydrogen-bond acceptors (Lipinski definition) is 7. The molecule has 0 aliphatic carbocycles.